The van der Waals surface area contributed by atoms with Gasteiger partial charge in [-0.1, -0.05) is 31.9 Å². The van der Waals surface area contributed by atoms with E-state index in [2.05, 4.69) is 24.1 Å². The zero-order chi connectivity index (χ0) is 13.2. The lowest BCUT2D eigenvalue weighted by Gasteiger charge is -2.35. The number of pyridine rings is 1. The summed E-state index contributed by atoms with van der Waals surface area (Å²) < 4.78 is 0. The molecule has 0 saturated heterocycles. The highest BCUT2D eigenvalue weighted by molar-refractivity contribution is 6.33. The summed E-state index contributed by atoms with van der Waals surface area (Å²) in [6, 6.07) is 1.89. The van der Waals surface area contributed by atoms with Crippen molar-refractivity contribution in [2.45, 2.75) is 45.6 Å². The molecule has 1 amide bonds. The Balaban J connectivity index is 2.02. The number of hydrogen-bond acceptors (Lipinski definition) is 2. The fraction of sp³-hybridized carbons (Fsp3) is 0.571. The first kappa shape index (κ1) is 13.3. The van der Waals surface area contributed by atoms with Gasteiger partial charge in [-0.3, -0.25) is 9.78 Å². The number of amides is 1. The SMILES string of the molecule is CC1(C)CCCC(NC(=O)c2cnccc2Cl)C1. The van der Waals surface area contributed by atoms with E-state index in [0.29, 0.717) is 16.0 Å². The Morgan fingerprint density at radius 2 is 2.33 bits per heavy atom. The minimum Gasteiger partial charge on any atom is -0.349 e. The van der Waals surface area contributed by atoms with Gasteiger partial charge in [0.25, 0.3) is 5.91 Å². The van der Waals surface area contributed by atoms with Gasteiger partial charge in [0, 0.05) is 18.4 Å². The number of nitrogens with zero attached hydrogens (tertiary/aromatic N) is 1. The number of rotatable bonds is 2. The topological polar surface area (TPSA) is 42.0 Å². The molecule has 1 N–H and O–H groups in total. The summed E-state index contributed by atoms with van der Waals surface area (Å²) >= 11 is 5.99. The van der Waals surface area contributed by atoms with E-state index >= 15 is 0 Å². The molecule has 1 aromatic heterocycles. The van der Waals surface area contributed by atoms with Gasteiger partial charge in [0.05, 0.1) is 10.6 Å². The minimum absolute atomic E-state index is 0.115. The maximum atomic E-state index is 12.1. The van der Waals surface area contributed by atoms with Crippen LogP contribution >= 0.6 is 11.6 Å². The normalized spacial score (nSPS) is 22.5. The van der Waals surface area contributed by atoms with Gasteiger partial charge in [-0.05, 0) is 30.7 Å². The number of nitrogens with one attached hydrogen (secondary N) is 1. The van der Waals surface area contributed by atoms with Crippen molar-refractivity contribution in [3.05, 3.63) is 29.0 Å². The van der Waals surface area contributed by atoms with E-state index in [0.717, 1.165) is 12.8 Å². The lowest BCUT2D eigenvalue weighted by Crippen LogP contribution is -2.40. The lowest BCUT2D eigenvalue weighted by atomic mass is 9.75. The average molecular weight is 267 g/mol. The fourth-order valence-corrected chi connectivity index (χ4v) is 2.82. The summed E-state index contributed by atoms with van der Waals surface area (Å²) in [6.45, 7) is 4.50. The second-order valence-corrected chi connectivity index (χ2v) is 6.19. The Morgan fingerprint density at radius 1 is 1.56 bits per heavy atom. The Kier molecular flexibility index (Phi) is 3.91. The van der Waals surface area contributed by atoms with E-state index < -0.39 is 0 Å². The zero-order valence-electron chi connectivity index (χ0n) is 10.9. The molecule has 1 saturated carbocycles. The third kappa shape index (κ3) is 3.22. The molecule has 2 rings (SSSR count). The zero-order valence-corrected chi connectivity index (χ0v) is 11.6. The number of hydrogen-bond donors (Lipinski definition) is 1. The predicted octanol–water partition coefficient (Wildman–Crippen LogP) is 3.43. The summed E-state index contributed by atoms with van der Waals surface area (Å²) in [6.07, 6.45) is 7.57. The Bertz CT molecular complexity index is 445. The highest BCUT2D eigenvalue weighted by Gasteiger charge is 2.29. The van der Waals surface area contributed by atoms with Crippen LogP contribution in [0.2, 0.25) is 5.02 Å². The summed E-state index contributed by atoms with van der Waals surface area (Å²) in [5, 5.41) is 3.52. The van der Waals surface area contributed by atoms with E-state index in [9.17, 15) is 4.79 Å². The third-order valence-electron chi connectivity index (χ3n) is 3.55. The highest BCUT2D eigenvalue weighted by atomic mass is 35.5. The molecule has 0 radical (unpaired) electrons. The largest absolute Gasteiger partial charge is 0.349 e. The average Bonchev–Trinajstić information content (AvgIpc) is 2.28. The molecule has 98 valence electrons. The molecule has 1 unspecified atom stereocenters. The van der Waals surface area contributed by atoms with E-state index in [1.165, 1.54) is 19.0 Å². The molecular weight excluding hydrogens is 248 g/mol. The van der Waals surface area contributed by atoms with E-state index in [1.807, 2.05) is 0 Å². The van der Waals surface area contributed by atoms with Crippen molar-refractivity contribution >= 4 is 17.5 Å². The molecule has 1 atom stereocenters. The van der Waals surface area contributed by atoms with Crippen molar-refractivity contribution in [1.29, 1.82) is 0 Å². The highest BCUT2D eigenvalue weighted by Crippen LogP contribution is 2.35. The van der Waals surface area contributed by atoms with Crippen molar-refractivity contribution in [3.8, 4) is 0 Å². The van der Waals surface area contributed by atoms with Gasteiger partial charge in [-0.25, -0.2) is 0 Å². The minimum atomic E-state index is -0.115. The molecule has 1 aromatic rings. The molecule has 1 aliphatic carbocycles. The second kappa shape index (κ2) is 5.27. The summed E-state index contributed by atoms with van der Waals surface area (Å²) in [4.78, 5) is 16.1. The standard InChI is InChI=1S/C14H19ClN2O/c1-14(2)6-3-4-10(8-14)17-13(18)11-9-16-7-5-12(11)15/h5,7,9-10H,3-4,6,8H2,1-2H3,(H,17,18). The molecule has 3 nitrogen and oxygen atoms in total. The van der Waals surface area contributed by atoms with Gasteiger partial charge < -0.3 is 5.32 Å². The number of carbonyl (C=O) groups is 1. The molecule has 0 spiro atoms. The van der Waals surface area contributed by atoms with Crippen LogP contribution in [-0.2, 0) is 0 Å². The monoisotopic (exact) mass is 266 g/mol. The second-order valence-electron chi connectivity index (χ2n) is 5.79. The van der Waals surface area contributed by atoms with Crippen LogP contribution < -0.4 is 5.32 Å². The third-order valence-corrected chi connectivity index (χ3v) is 3.88. The Morgan fingerprint density at radius 3 is 3.00 bits per heavy atom. The molecule has 18 heavy (non-hydrogen) atoms. The van der Waals surface area contributed by atoms with Gasteiger partial charge in [-0.15, -0.1) is 0 Å². The van der Waals surface area contributed by atoms with E-state index in [-0.39, 0.29) is 11.9 Å². The maximum Gasteiger partial charge on any atom is 0.254 e. The van der Waals surface area contributed by atoms with Gasteiger partial charge in [0.1, 0.15) is 0 Å². The molecule has 1 heterocycles. The fourth-order valence-electron chi connectivity index (χ4n) is 2.63. The molecule has 1 aliphatic rings. The summed E-state index contributed by atoms with van der Waals surface area (Å²) in [5.74, 6) is -0.115. The maximum absolute atomic E-state index is 12.1. The van der Waals surface area contributed by atoms with Crippen molar-refractivity contribution in [3.63, 3.8) is 0 Å². The number of aromatic nitrogens is 1. The van der Waals surface area contributed by atoms with Gasteiger partial charge >= 0.3 is 0 Å². The lowest BCUT2D eigenvalue weighted by molar-refractivity contribution is 0.0902. The van der Waals surface area contributed by atoms with Crippen LogP contribution in [0.3, 0.4) is 0 Å². The first-order valence-electron chi connectivity index (χ1n) is 6.38. The van der Waals surface area contributed by atoms with Crippen LogP contribution in [0.15, 0.2) is 18.5 Å². The molecule has 4 heteroatoms. The quantitative estimate of drug-likeness (QED) is 0.891. The Labute approximate surface area is 113 Å². The molecule has 0 aromatic carbocycles. The molecule has 1 fully saturated rings. The molecule has 0 bridgehead atoms. The van der Waals surface area contributed by atoms with E-state index in [1.54, 1.807) is 12.3 Å². The molecular formula is C14H19ClN2O. The van der Waals surface area contributed by atoms with Crippen molar-refractivity contribution in [1.82, 2.24) is 10.3 Å². The van der Waals surface area contributed by atoms with Crippen LogP contribution in [0.25, 0.3) is 0 Å². The predicted molar refractivity (Wildman–Crippen MR) is 72.8 cm³/mol. The first-order valence-corrected chi connectivity index (χ1v) is 6.76. The van der Waals surface area contributed by atoms with Gasteiger partial charge in [-0.2, -0.15) is 0 Å². The Hall–Kier alpha value is -1.09. The van der Waals surface area contributed by atoms with Crippen molar-refractivity contribution in [2.75, 3.05) is 0 Å². The number of carbonyl (C=O) groups excluding carboxylic acids is 1. The summed E-state index contributed by atoms with van der Waals surface area (Å²) in [5.41, 5.74) is 0.775. The van der Waals surface area contributed by atoms with Gasteiger partial charge in [0.2, 0.25) is 0 Å². The van der Waals surface area contributed by atoms with Crippen LogP contribution in [-0.4, -0.2) is 16.9 Å². The van der Waals surface area contributed by atoms with Gasteiger partial charge in [0.15, 0.2) is 0 Å². The smallest absolute Gasteiger partial charge is 0.254 e. The van der Waals surface area contributed by atoms with Crippen LogP contribution in [0, 0.1) is 5.41 Å². The number of halogens is 1. The van der Waals surface area contributed by atoms with Crippen molar-refractivity contribution in [2.24, 2.45) is 5.41 Å². The summed E-state index contributed by atoms with van der Waals surface area (Å²) in [7, 11) is 0. The van der Waals surface area contributed by atoms with E-state index in [4.69, 9.17) is 11.6 Å². The van der Waals surface area contributed by atoms with Crippen LogP contribution in [0.4, 0.5) is 0 Å². The molecule has 0 aliphatic heterocycles. The van der Waals surface area contributed by atoms with Crippen molar-refractivity contribution < 1.29 is 4.79 Å². The van der Waals surface area contributed by atoms with Crippen LogP contribution in [0.5, 0.6) is 0 Å². The van der Waals surface area contributed by atoms with Crippen LogP contribution in [0.1, 0.15) is 49.9 Å². The first-order chi connectivity index (χ1) is 8.48.